The van der Waals surface area contributed by atoms with Crippen molar-refractivity contribution >= 4 is 22.9 Å². The lowest BCUT2D eigenvalue weighted by atomic mass is 10.00. The topological polar surface area (TPSA) is 26.0 Å². The summed E-state index contributed by atoms with van der Waals surface area (Å²) >= 11 is 7.45. The van der Waals surface area contributed by atoms with Crippen molar-refractivity contribution in [2.45, 2.75) is 19.9 Å². The van der Waals surface area contributed by atoms with Crippen LogP contribution >= 0.6 is 22.9 Å². The summed E-state index contributed by atoms with van der Waals surface area (Å²) in [5.41, 5.74) is 6.98. The first-order valence-electron chi connectivity index (χ1n) is 3.61. The van der Waals surface area contributed by atoms with Crippen molar-refractivity contribution in [2.75, 3.05) is 0 Å². The number of nitrogens with two attached hydrogens (primary N) is 1. The Hall–Kier alpha value is -0.0500. The van der Waals surface area contributed by atoms with Gasteiger partial charge in [0.15, 0.2) is 0 Å². The van der Waals surface area contributed by atoms with Crippen LogP contribution < -0.4 is 5.73 Å². The van der Waals surface area contributed by atoms with E-state index in [1.807, 2.05) is 11.4 Å². The van der Waals surface area contributed by atoms with E-state index in [9.17, 15) is 0 Å². The van der Waals surface area contributed by atoms with Crippen molar-refractivity contribution in [1.82, 2.24) is 0 Å². The van der Waals surface area contributed by atoms with Crippen LogP contribution in [0.2, 0.25) is 4.34 Å². The van der Waals surface area contributed by atoms with Gasteiger partial charge in [0.25, 0.3) is 0 Å². The second kappa shape index (κ2) is 3.57. The highest BCUT2D eigenvalue weighted by atomic mass is 35.5. The van der Waals surface area contributed by atoms with Crippen LogP contribution in [0.25, 0.3) is 0 Å². The molecule has 1 aromatic rings. The highest BCUT2D eigenvalue weighted by Crippen LogP contribution is 2.30. The molecule has 0 bridgehead atoms. The molecule has 1 nitrogen and oxygen atoms in total. The molecule has 0 amide bonds. The zero-order chi connectivity index (χ0) is 8.43. The average Bonchev–Trinajstić information content (AvgIpc) is 2.33. The van der Waals surface area contributed by atoms with E-state index in [-0.39, 0.29) is 6.04 Å². The molecule has 1 unspecified atom stereocenters. The molecule has 0 aliphatic rings. The minimum absolute atomic E-state index is 0.0775. The fraction of sp³-hybridized carbons (Fsp3) is 0.500. The third-order valence-electron chi connectivity index (χ3n) is 1.72. The maximum absolute atomic E-state index is 5.92. The van der Waals surface area contributed by atoms with Crippen LogP contribution in [0.1, 0.15) is 25.5 Å². The molecule has 0 radical (unpaired) electrons. The fourth-order valence-corrected chi connectivity index (χ4v) is 1.92. The molecule has 3 heteroatoms. The standard InChI is InChI=1S/C8H12ClNS/c1-5(2)7(10)6-3-4-11-8(6)9/h3-5,7H,10H2,1-2H3. The summed E-state index contributed by atoms with van der Waals surface area (Å²) in [5.74, 6) is 0.446. The summed E-state index contributed by atoms with van der Waals surface area (Å²) in [6.07, 6.45) is 0. The van der Waals surface area contributed by atoms with Crippen molar-refractivity contribution in [3.05, 3.63) is 21.3 Å². The highest BCUT2D eigenvalue weighted by Gasteiger charge is 2.13. The number of thiophene rings is 1. The van der Waals surface area contributed by atoms with Crippen LogP contribution in [-0.4, -0.2) is 0 Å². The van der Waals surface area contributed by atoms with E-state index in [1.165, 1.54) is 11.3 Å². The molecular weight excluding hydrogens is 178 g/mol. The normalized spacial score (nSPS) is 13.9. The smallest absolute Gasteiger partial charge is 0.0976 e. The third kappa shape index (κ3) is 1.95. The molecule has 0 aromatic carbocycles. The number of hydrogen-bond donors (Lipinski definition) is 1. The molecule has 0 saturated carbocycles. The lowest BCUT2D eigenvalue weighted by Crippen LogP contribution is -2.15. The van der Waals surface area contributed by atoms with E-state index >= 15 is 0 Å². The van der Waals surface area contributed by atoms with Crippen LogP contribution in [0, 0.1) is 5.92 Å². The van der Waals surface area contributed by atoms with Gasteiger partial charge >= 0.3 is 0 Å². The largest absolute Gasteiger partial charge is 0.324 e. The number of hydrogen-bond acceptors (Lipinski definition) is 2. The van der Waals surface area contributed by atoms with Crippen LogP contribution in [0.5, 0.6) is 0 Å². The Kier molecular flexibility index (Phi) is 2.93. The maximum atomic E-state index is 5.92. The van der Waals surface area contributed by atoms with Gasteiger partial charge in [0.2, 0.25) is 0 Å². The molecule has 62 valence electrons. The summed E-state index contributed by atoms with van der Waals surface area (Å²) < 4.78 is 0.825. The first kappa shape index (κ1) is 9.04. The molecule has 1 aromatic heterocycles. The average molecular weight is 190 g/mol. The molecular formula is C8H12ClNS. The minimum atomic E-state index is 0.0775. The Bertz CT molecular complexity index is 232. The molecule has 0 saturated heterocycles. The van der Waals surface area contributed by atoms with E-state index in [2.05, 4.69) is 13.8 Å². The first-order chi connectivity index (χ1) is 5.13. The van der Waals surface area contributed by atoms with E-state index < -0.39 is 0 Å². The van der Waals surface area contributed by atoms with Gasteiger partial charge in [-0.15, -0.1) is 11.3 Å². The van der Waals surface area contributed by atoms with Crippen LogP contribution in [-0.2, 0) is 0 Å². The van der Waals surface area contributed by atoms with Crippen molar-refractivity contribution < 1.29 is 0 Å². The monoisotopic (exact) mass is 189 g/mol. The Labute approximate surface area is 76.2 Å². The first-order valence-corrected chi connectivity index (χ1v) is 4.87. The zero-order valence-corrected chi connectivity index (χ0v) is 8.25. The van der Waals surface area contributed by atoms with E-state index in [0.29, 0.717) is 5.92 Å². The van der Waals surface area contributed by atoms with E-state index in [4.69, 9.17) is 17.3 Å². The Balaban J connectivity index is 2.84. The third-order valence-corrected chi connectivity index (χ3v) is 2.92. The second-order valence-electron chi connectivity index (χ2n) is 2.92. The van der Waals surface area contributed by atoms with E-state index in [0.717, 1.165) is 9.90 Å². The van der Waals surface area contributed by atoms with Gasteiger partial charge in [0, 0.05) is 6.04 Å². The summed E-state index contributed by atoms with van der Waals surface area (Å²) in [6, 6.07) is 2.08. The van der Waals surface area contributed by atoms with Crippen LogP contribution in [0.15, 0.2) is 11.4 Å². The molecule has 2 N–H and O–H groups in total. The Morgan fingerprint density at radius 3 is 2.55 bits per heavy atom. The summed E-state index contributed by atoms with van der Waals surface area (Å²) in [6.45, 7) is 4.19. The molecule has 0 spiro atoms. The van der Waals surface area contributed by atoms with Gasteiger partial charge in [0.05, 0.1) is 4.34 Å². The zero-order valence-electron chi connectivity index (χ0n) is 6.67. The molecule has 1 heterocycles. The predicted molar refractivity (Wildman–Crippen MR) is 51.1 cm³/mol. The fourth-order valence-electron chi connectivity index (χ4n) is 0.902. The second-order valence-corrected chi connectivity index (χ2v) is 4.44. The van der Waals surface area contributed by atoms with Crippen molar-refractivity contribution in [1.29, 1.82) is 0 Å². The molecule has 11 heavy (non-hydrogen) atoms. The maximum Gasteiger partial charge on any atom is 0.0976 e. The van der Waals surface area contributed by atoms with Crippen molar-refractivity contribution in [2.24, 2.45) is 11.7 Å². The molecule has 0 fully saturated rings. The van der Waals surface area contributed by atoms with Crippen molar-refractivity contribution in [3.8, 4) is 0 Å². The van der Waals surface area contributed by atoms with Crippen LogP contribution in [0.4, 0.5) is 0 Å². The van der Waals surface area contributed by atoms with Gasteiger partial charge in [0.1, 0.15) is 0 Å². The van der Waals surface area contributed by atoms with Gasteiger partial charge in [-0.1, -0.05) is 25.4 Å². The van der Waals surface area contributed by atoms with Crippen molar-refractivity contribution in [3.63, 3.8) is 0 Å². The number of halogens is 1. The van der Waals surface area contributed by atoms with Gasteiger partial charge < -0.3 is 5.73 Å². The van der Waals surface area contributed by atoms with Crippen LogP contribution in [0.3, 0.4) is 0 Å². The minimum Gasteiger partial charge on any atom is -0.324 e. The molecule has 0 aliphatic heterocycles. The summed E-state index contributed by atoms with van der Waals surface area (Å²) in [7, 11) is 0. The van der Waals surface area contributed by atoms with Gasteiger partial charge in [-0.2, -0.15) is 0 Å². The lowest BCUT2D eigenvalue weighted by molar-refractivity contribution is 0.515. The highest BCUT2D eigenvalue weighted by molar-refractivity contribution is 7.14. The molecule has 1 rings (SSSR count). The SMILES string of the molecule is CC(C)C(N)c1ccsc1Cl. The van der Waals surface area contributed by atoms with E-state index in [1.54, 1.807) is 0 Å². The Morgan fingerprint density at radius 1 is 1.55 bits per heavy atom. The molecule has 1 atom stereocenters. The molecule has 0 aliphatic carbocycles. The Morgan fingerprint density at radius 2 is 2.18 bits per heavy atom. The quantitative estimate of drug-likeness (QED) is 0.761. The summed E-state index contributed by atoms with van der Waals surface area (Å²) in [5, 5.41) is 1.97. The van der Waals surface area contributed by atoms with Gasteiger partial charge in [-0.3, -0.25) is 0 Å². The lowest BCUT2D eigenvalue weighted by Gasteiger charge is -2.14. The summed E-state index contributed by atoms with van der Waals surface area (Å²) in [4.78, 5) is 0. The predicted octanol–water partition coefficient (Wildman–Crippen LogP) is 3.06. The number of rotatable bonds is 2. The van der Waals surface area contributed by atoms with Gasteiger partial charge in [-0.25, -0.2) is 0 Å². The van der Waals surface area contributed by atoms with Gasteiger partial charge in [-0.05, 0) is 22.9 Å².